The van der Waals surface area contributed by atoms with Gasteiger partial charge in [0.05, 0.1) is 10.0 Å². The number of rotatable bonds is 3. The van der Waals surface area contributed by atoms with E-state index in [1.807, 2.05) is 37.3 Å². The molecule has 20 heavy (non-hydrogen) atoms. The first-order chi connectivity index (χ1) is 9.52. The van der Waals surface area contributed by atoms with Gasteiger partial charge in [-0.05, 0) is 52.7 Å². The summed E-state index contributed by atoms with van der Waals surface area (Å²) in [5.74, 6) is 1.22. The molecular weight excluding hydrogens is 388 g/mol. The summed E-state index contributed by atoms with van der Waals surface area (Å²) in [7, 11) is 0. The number of halogens is 2. The molecule has 0 aliphatic rings. The predicted molar refractivity (Wildman–Crippen MR) is 85.6 cm³/mol. The second-order valence-corrected chi connectivity index (χ2v) is 5.88. The van der Waals surface area contributed by atoms with Gasteiger partial charge in [0, 0.05) is 4.47 Å². The van der Waals surface area contributed by atoms with E-state index in [4.69, 9.17) is 15.7 Å². The van der Waals surface area contributed by atoms with Crippen molar-refractivity contribution in [1.82, 2.24) is 0 Å². The molecule has 0 aromatic heterocycles. The standard InChI is InChI=1S/C14H12Br2N2O2/c1-8-3-2-4-10(14(17)18-19)13(8)20-12-6-5-9(15)7-11(12)16/h2-7,19H,1H3,(H2,17,18). The van der Waals surface area contributed by atoms with Crippen LogP contribution in [0.2, 0.25) is 0 Å². The minimum Gasteiger partial charge on any atom is -0.455 e. The molecule has 0 unspecified atom stereocenters. The van der Waals surface area contributed by atoms with Gasteiger partial charge in [-0.15, -0.1) is 0 Å². The lowest BCUT2D eigenvalue weighted by Crippen LogP contribution is -2.14. The monoisotopic (exact) mass is 398 g/mol. The molecule has 0 saturated carbocycles. The van der Waals surface area contributed by atoms with Crippen molar-refractivity contribution >= 4 is 37.7 Å². The van der Waals surface area contributed by atoms with Crippen LogP contribution in [-0.2, 0) is 0 Å². The van der Waals surface area contributed by atoms with Gasteiger partial charge < -0.3 is 15.7 Å². The Labute approximate surface area is 133 Å². The van der Waals surface area contributed by atoms with Crippen LogP contribution in [0, 0.1) is 6.92 Å². The van der Waals surface area contributed by atoms with Crippen LogP contribution < -0.4 is 10.5 Å². The number of nitrogens with zero attached hydrogens (tertiary/aromatic N) is 1. The summed E-state index contributed by atoms with van der Waals surface area (Å²) < 4.78 is 7.66. The van der Waals surface area contributed by atoms with Crippen molar-refractivity contribution in [1.29, 1.82) is 0 Å². The summed E-state index contributed by atoms with van der Waals surface area (Å²) in [5, 5.41) is 11.9. The third-order valence-electron chi connectivity index (χ3n) is 2.70. The molecule has 6 heteroatoms. The van der Waals surface area contributed by atoms with Crippen LogP contribution in [0.3, 0.4) is 0 Å². The Hall–Kier alpha value is -1.53. The first kappa shape index (κ1) is 14.9. The summed E-state index contributed by atoms with van der Waals surface area (Å²) in [5.41, 5.74) is 7.12. The molecule has 0 amide bonds. The lowest BCUT2D eigenvalue weighted by molar-refractivity contribution is 0.318. The fourth-order valence-electron chi connectivity index (χ4n) is 1.71. The van der Waals surface area contributed by atoms with Crippen LogP contribution in [0.1, 0.15) is 11.1 Å². The molecule has 0 radical (unpaired) electrons. The zero-order chi connectivity index (χ0) is 14.7. The normalized spacial score (nSPS) is 11.4. The number of oxime groups is 1. The molecule has 0 heterocycles. The van der Waals surface area contributed by atoms with Crippen molar-refractivity contribution < 1.29 is 9.94 Å². The van der Waals surface area contributed by atoms with Gasteiger partial charge in [0.1, 0.15) is 11.5 Å². The molecule has 4 nitrogen and oxygen atoms in total. The Kier molecular flexibility index (Phi) is 4.67. The summed E-state index contributed by atoms with van der Waals surface area (Å²) in [6.45, 7) is 1.90. The number of benzene rings is 2. The summed E-state index contributed by atoms with van der Waals surface area (Å²) >= 11 is 6.83. The van der Waals surface area contributed by atoms with E-state index in [0.29, 0.717) is 17.1 Å². The summed E-state index contributed by atoms with van der Waals surface area (Å²) in [6.07, 6.45) is 0. The van der Waals surface area contributed by atoms with Crippen LogP contribution in [-0.4, -0.2) is 11.0 Å². The van der Waals surface area contributed by atoms with Crippen molar-refractivity contribution in [2.24, 2.45) is 10.9 Å². The van der Waals surface area contributed by atoms with E-state index >= 15 is 0 Å². The summed E-state index contributed by atoms with van der Waals surface area (Å²) in [6, 6.07) is 11.1. The van der Waals surface area contributed by atoms with Crippen LogP contribution in [0.5, 0.6) is 11.5 Å². The smallest absolute Gasteiger partial charge is 0.173 e. The lowest BCUT2D eigenvalue weighted by Gasteiger charge is -2.14. The molecule has 2 aromatic rings. The third-order valence-corrected chi connectivity index (χ3v) is 3.81. The number of ether oxygens (including phenoxy) is 1. The minimum atomic E-state index is 0.0111. The molecule has 2 aromatic carbocycles. The van der Waals surface area contributed by atoms with Gasteiger partial charge in [0.2, 0.25) is 0 Å². The van der Waals surface area contributed by atoms with Crippen LogP contribution in [0.4, 0.5) is 0 Å². The molecule has 0 saturated heterocycles. The van der Waals surface area contributed by atoms with Gasteiger partial charge >= 0.3 is 0 Å². The average Bonchev–Trinajstić information content (AvgIpc) is 2.42. The maximum absolute atomic E-state index is 8.85. The second-order valence-electron chi connectivity index (χ2n) is 4.11. The first-order valence-electron chi connectivity index (χ1n) is 5.73. The number of hydrogen-bond acceptors (Lipinski definition) is 3. The molecule has 0 aliphatic heterocycles. The summed E-state index contributed by atoms with van der Waals surface area (Å²) in [4.78, 5) is 0. The molecule has 0 spiro atoms. The number of hydrogen-bond donors (Lipinski definition) is 2. The zero-order valence-corrected chi connectivity index (χ0v) is 13.8. The van der Waals surface area contributed by atoms with Gasteiger partial charge in [-0.3, -0.25) is 0 Å². The lowest BCUT2D eigenvalue weighted by atomic mass is 10.1. The van der Waals surface area contributed by atoms with Crippen molar-refractivity contribution in [2.45, 2.75) is 6.92 Å². The van der Waals surface area contributed by atoms with Gasteiger partial charge in [-0.1, -0.05) is 33.2 Å². The maximum atomic E-state index is 8.85. The van der Waals surface area contributed by atoms with Crippen LogP contribution in [0.15, 0.2) is 50.5 Å². The Balaban J connectivity index is 2.48. The quantitative estimate of drug-likeness (QED) is 0.347. The third kappa shape index (κ3) is 3.13. The van der Waals surface area contributed by atoms with Crippen LogP contribution in [0.25, 0.3) is 0 Å². The van der Waals surface area contributed by atoms with Crippen molar-refractivity contribution in [3.63, 3.8) is 0 Å². The molecule has 104 valence electrons. The minimum absolute atomic E-state index is 0.0111. The Morgan fingerprint density at radius 2 is 2.00 bits per heavy atom. The van der Waals surface area contributed by atoms with Crippen molar-refractivity contribution in [2.75, 3.05) is 0 Å². The maximum Gasteiger partial charge on any atom is 0.173 e. The zero-order valence-electron chi connectivity index (χ0n) is 10.6. The van der Waals surface area contributed by atoms with E-state index in [0.717, 1.165) is 14.5 Å². The number of para-hydroxylation sites is 1. The van der Waals surface area contributed by atoms with E-state index in [1.54, 1.807) is 6.07 Å². The molecular formula is C14H12Br2N2O2. The fraction of sp³-hybridized carbons (Fsp3) is 0.0714. The van der Waals surface area contributed by atoms with Crippen molar-refractivity contribution in [3.05, 3.63) is 56.5 Å². The molecule has 0 fully saturated rings. The van der Waals surface area contributed by atoms with Gasteiger partial charge in [-0.25, -0.2) is 0 Å². The topological polar surface area (TPSA) is 67.8 Å². The van der Waals surface area contributed by atoms with Crippen molar-refractivity contribution in [3.8, 4) is 11.5 Å². The molecule has 0 aliphatic carbocycles. The fourth-order valence-corrected chi connectivity index (χ4v) is 2.84. The molecule has 0 bridgehead atoms. The van der Waals surface area contributed by atoms with E-state index in [9.17, 15) is 0 Å². The Morgan fingerprint density at radius 1 is 1.25 bits per heavy atom. The van der Waals surface area contributed by atoms with E-state index < -0.39 is 0 Å². The molecule has 0 atom stereocenters. The highest BCUT2D eigenvalue weighted by Gasteiger charge is 2.13. The second kappa shape index (κ2) is 6.28. The Bertz CT molecular complexity index is 672. The number of nitrogens with two attached hydrogens (primary N) is 1. The van der Waals surface area contributed by atoms with E-state index in [1.165, 1.54) is 0 Å². The van der Waals surface area contributed by atoms with Gasteiger partial charge in [0.15, 0.2) is 5.84 Å². The highest BCUT2D eigenvalue weighted by atomic mass is 79.9. The van der Waals surface area contributed by atoms with Gasteiger partial charge in [0.25, 0.3) is 0 Å². The first-order valence-corrected chi connectivity index (χ1v) is 7.32. The SMILES string of the molecule is Cc1cccc(/C(N)=N/O)c1Oc1ccc(Br)cc1Br. The van der Waals surface area contributed by atoms with Crippen LogP contribution >= 0.6 is 31.9 Å². The largest absolute Gasteiger partial charge is 0.455 e. The van der Waals surface area contributed by atoms with Gasteiger partial charge in [-0.2, -0.15) is 0 Å². The predicted octanol–water partition coefficient (Wildman–Crippen LogP) is 4.41. The molecule has 3 N–H and O–H groups in total. The Morgan fingerprint density at radius 3 is 2.65 bits per heavy atom. The average molecular weight is 400 g/mol. The molecule has 2 rings (SSSR count). The highest BCUT2D eigenvalue weighted by Crippen LogP contribution is 2.35. The number of aryl methyl sites for hydroxylation is 1. The van der Waals surface area contributed by atoms with E-state index in [2.05, 4.69) is 37.0 Å². The van der Waals surface area contributed by atoms with E-state index in [-0.39, 0.29) is 5.84 Å². The highest BCUT2D eigenvalue weighted by molar-refractivity contribution is 9.11. The number of amidine groups is 1.